The third-order valence-corrected chi connectivity index (χ3v) is 4.25. The Balaban J connectivity index is 1.74. The van der Waals surface area contributed by atoms with Crippen molar-refractivity contribution in [2.45, 2.75) is 38.8 Å². The number of hydrogen-bond donors (Lipinski definition) is 3. The molecule has 3 N–H and O–H groups in total. The molecule has 1 aliphatic rings. The highest BCUT2D eigenvalue weighted by atomic mass is 79.9. The van der Waals surface area contributed by atoms with Gasteiger partial charge in [-0.1, -0.05) is 15.9 Å². The van der Waals surface area contributed by atoms with Crippen molar-refractivity contribution in [1.82, 2.24) is 10.6 Å². The van der Waals surface area contributed by atoms with Gasteiger partial charge in [-0.15, -0.1) is 0 Å². The molecule has 1 saturated heterocycles. The number of amides is 3. The van der Waals surface area contributed by atoms with Crippen molar-refractivity contribution in [3.05, 3.63) is 28.2 Å². The van der Waals surface area contributed by atoms with Crippen molar-refractivity contribution in [3.63, 3.8) is 0 Å². The predicted molar refractivity (Wildman–Crippen MR) is 92.5 cm³/mol. The second-order valence-corrected chi connectivity index (χ2v) is 6.59. The molecule has 1 aromatic carbocycles. The van der Waals surface area contributed by atoms with Crippen LogP contribution >= 0.6 is 15.9 Å². The van der Waals surface area contributed by atoms with E-state index in [1.807, 2.05) is 32.0 Å². The van der Waals surface area contributed by atoms with Crippen molar-refractivity contribution in [3.8, 4) is 0 Å². The molecule has 0 radical (unpaired) electrons. The zero-order valence-corrected chi connectivity index (χ0v) is 14.9. The number of rotatable bonds is 5. The number of carbonyl (C=O) groups excluding carboxylic acids is 2. The van der Waals surface area contributed by atoms with Gasteiger partial charge in [0.15, 0.2) is 0 Å². The van der Waals surface area contributed by atoms with E-state index in [-0.39, 0.29) is 30.6 Å². The van der Waals surface area contributed by atoms with E-state index in [9.17, 15) is 9.59 Å². The van der Waals surface area contributed by atoms with Gasteiger partial charge in [-0.25, -0.2) is 4.79 Å². The van der Waals surface area contributed by atoms with Crippen LogP contribution in [0.3, 0.4) is 0 Å². The molecule has 1 aromatic rings. The summed E-state index contributed by atoms with van der Waals surface area (Å²) in [5.41, 5.74) is 1.68. The Morgan fingerprint density at radius 1 is 1.43 bits per heavy atom. The number of halogens is 1. The van der Waals surface area contributed by atoms with Crippen molar-refractivity contribution in [2.24, 2.45) is 0 Å². The van der Waals surface area contributed by atoms with Crippen LogP contribution in [-0.4, -0.2) is 37.2 Å². The molecular formula is C16H22BrN3O3. The van der Waals surface area contributed by atoms with Crippen LogP contribution in [0.1, 0.15) is 25.3 Å². The maximum Gasteiger partial charge on any atom is 0.315 e. The topological polar surface area (TPSA) is 79.5 Å². The highest BCUT2D eigenvalue weighted by Crippen LogP contribution is 2.19. The zero-order valence-electron chi connectivity index (χ0n) is 13.3. The maximum atomic E-state index is 11.9. The zero-order chi connectivity index (χ0) is 16.8. The number of nitrogens with one attached hydrogen (secondary N) is 3. The smallest absolute Gasteiger partial charge is 0.315 e. The highest BCUT2D eigenvalue weighted by Gasteiger charge is 2.23. The Morgan fingerprint density at radius 2 is 2.22 bits per heavy atom. The standard InChI is InChI=1S/C16H22BrN3O3/c1-10-8-12(17)5-6-13(10)20-15(21)9-18-16(22)19-11(2)14-4-3-7-23-14/h5-6,8,11,14H,3-4,7,9H2,1-2H3,(H,20,21)(H2,18,19,22)/t11-,14+/m0/s1. The minimum absolute atomic E-state index is 0.0555. The molecule has 0 aromatic heterocycles. The fourth-order valence-corrected chi connectivity index (χ4v) is 2.95. The van der Waals surface area contributed by atoms with Crippen molar-refractivity contribution in [2.75, 3.05) is 18.5 Å². The summed E-state index contributed by atoms with van der Waals surface area (Å²) in [6, 6.07) is 5.15. The lowest BCUT2D eigenvalue weighted by Gasteiger charge is -2.20. The van der Waals surface area contributed by atoms with Gasteiger partial charge in [-0.2, -0.15) is 0 Å². The maximum absolute atomic E-state index is 11.9. The molecule has 2 rings (SSSR count). The molecule has 1 aliphatic heterocycles. The van der Waals surface area contributed by atoms with Crippen LogP contribution in [0.15, 0.2) is 22.7 Å². The first-order chi connectivity index (χ1) is 11.0. The molecule has 1 heterocycles. The van der Waals surface area contributed by atoms with E-state index >= 15 is 0 Å². The summed E-state index contributed by atoms with van der Waals surface area (Å²) >= 11 is 3.37. The Kier molecular flexibility index (Phi) is 6.41. The summed E-state index contributed by atoms with van der Waals surface area (Å²) in [5, 5.41) is 8.13. The molecule has 126 valence electrons. The Labute approximate surface area is 144 Å². The molecule has 0 aliphatic carbocycles. The van der Waals surface area contributed by atoms with Gasteiger partial charge in [0.1, 0.15) is 0 Å². The molecule has 0 bridgehead atoms. The van der Waals surface area contributed by atoms with Crippen LogP contribution in [0.2, 0.25) is 0 Å². The summed E-state index contributed by atoms with van der Waals surface area (Å²) < 4.78 is 6.47. The highest BCUT2D eigenvalue weighted by molar-refractivity contribution is 9.10. The van der Waals surface area contributed by atoms with Crippen molar-refractivity contribution in [1.29, 1.82) is 0 Å². The molecule has 0 unspecified atom stereocenters. The summed E-state index contributed by atoms with van der Waals surface area (Å²) in [7, 11) is 0. The number of carbonyl (C=O) groups is 2. The summed E-state index contributed by atoms with van der Waals surface area (Å²) in [6.07, 6.45) is 2.03. The van der Waals surface area contributed by atoms with E-state index in [1.165, 1.54) is 0 Å². The third kappa shape index (κ3) is 5.51. The summed E-state index contributed by atoms with van der Waals surface area (Å²) in [4.78, 5) is 23.7. The van der Waals surface area contributed by atoms with E-state index in [1.54, 1.807) is 0 Å². The van der Waals surface area contributed by atoms with Gasteiger partial charge >= 0.3 is 6.03 Å². The van der Waals surface area contributed by atoms with Crippen LogP contribution in [0.5, 0.6) is 0 Å². The monoisotopic (exact) mass is 383 g/mol. The van der Waals surface area contributed by atoms with E-state index in [2.05, 4.69) is 31.9 Å². The molecule has 7 heteroatoms. The number of urea groups is 1. The summed E-state index contributed by atoms with van der Waals surface area (Å²) in [6.45, 7) is 4.47. The minimum Gasteiger partial charge on any atom is -0.376 e. The largest absolute Gasteiger partial charge is 0.376 e. The number of aryl methyl sites for hydroxylation is 1. The first-order valence-corrected chi connectivity index (χ1v) is 8.47. The minimum atomic E-state index is -0.365. The average Bonchev–Trinajstić information content (AvgIpc) is 3.02. The SMILES string of the molecule is Cc1cc(Br)ccc1NC(=O)CNC(=O)N[C@@H](C)[C@H]1CCCO1. The van der Waals surface area contributed by atoms with Crippen LogP contribution in [-0.2, 0) is 9.53 Å². The lowest BCUT2D eigenvalue weighted by molar-refractivity contribution is -0.115. The Morgan fingerprint density at radius 3 is 2.87 bits per heavy atom. The van der Waals surface area contributed by atoms with Crippen molar-refractivity contribution < 1.29 is 14.3 Å². The van der Waals surface area contributed by atoms with E-state index < -0.39 is 0 Å². The van der Waals surface area contributed by atoms with E-state index in [4.69, 9.17) is 4.74 Å². The fourth-order valence-electron chi connectivity index (χ4n) is 2.47. The third-order valence-electron chi connectivity index (χ3n) is 3.75. The predicted octanol–water partition coefficient (Wildman–Crippen LogP) is 2.56. The number of hydrogen-bond acceptors (Lipinski definition) is 3. The van der Waals surface area contributed by atoms with E-state index in [0.717, 1.165) is 35.2 Å². The van der Waals surface area contributed by atoms with Gasteiger partial charge in [-0.05, 0) is 50.5 Å². The van der Waals surface area contributed by atoms with Gasteiger partial charge in [0.2, 0.25) is 5.91 Å². The first-order valence-electron chi connectivity index (χ1n) is 7.67. The summed E-state index contributed by atoms with van der Waals surface area (Å²) in [5.74, 6) is -0.268. The molecule has 6 nitrogen and oxygen atoms in total. The molecular weight excluding hydrogens is 362 g/mol. The molecule has 0 spiro atoms. The molecule has 23 heavy (non-hydrogen) atoms. The number of benzene rings is 1. The van der Waals surface area contributed by atoms with E-state index in [0.29, 0.717) is 0 Å². The van der Waals surface area contributed by atoms with Crippen LogP contribution < -0.4 is 16.0 Å². The van der Waals surface area contributed by atoms with Gasteiger partial charge < -0.3 is 20.7 Å². The van der Waals surface area contributed by atoms with Gasteiger partial charge in [0.05, 0.1) is 18.7 Å². The Hall–Kier alpha value is -1.60. The quantitative estimate of drug-likeness (QED) is 0.730. The van der Waals surface area contributed by atoms with Gasteiger partial charge in [0, 0.05) is 16.8 Å². The fraction of sp³-hybridized carbons (Fsp3) is 0.500. The molecule has 1 fully saturated rings. The average molecular weight is 384 g/mol. The first kappa shape index (κ1) is 17.7. The van der Waals surface area contributed by atoms with Crippen molar-refractivity contribution >= 4 is 33.6 Å². The molecule has 2 atom stereocenters. The molecule has 3 amide bonds. The van der Waals surface area contributed by atoms with Gasteiger partial charge in [0.25, 0.3) is 0 Å². The second-order valence-electron chi connectivity index (χ2n) is 5.67. The number of anilines is 1. The van der Waals surface area contributed by atoms with Crippen LogP contribution in [0.25, 0.3) is 0 Å². The lowest BCUT2D eigenvalue weighted by Crippen LogP contribution is -2.47. The van der Waals surface area contributed by atoms with Crippen LogP contribution in [0, 0.1) is 6.92 Å². The normalized spacial score (nSPS) is 18.3. The Bertz CT molecular complexity index is 574. The van der Waals surface area contributed by atoms with Crippen LogP contribution in [0.4, 0.5) is 10.5 Å². The lowest BCUT2D eigenvalue weighted by atomic mass is 10.1. The van der Waals surface area contributed by atoms with Gasteiger partial charge in [-0.3, -0.25) is 4.79 Å². The molecule has 0 saturated carbocycles. The number of ether oxygens (including phenoxy) is 1. The second kappa shape index (κ2) is 8.31.